The van der Waals surface area contributed by atoms with Gasteiger partial charge in [-0.3, -0.25) is 4.79 Å². The molecule has 0 atom stereocenters. The molecular formula is C23H23NO8. The van der Waals surface area contributed by atoms with Crippen LogP contribution >= 0.6 is 0 Å². The molecule has 1 N–H and O–H groups in total. The van der Waals surface area contributed by atoms with Crippen LogP contribution in [0.1, 0.15) is 5.56 Å². The van der Waals surface area contributed by atoms with Crippen LogP contribution in [-0.2, 0) is 20.7 Å². The lowest BCUT2D eigenvalue weighted by molar-refractivity contribution is -0.150. The fourth-order valence-electron chi connectivity index (χ4n) is 2.89. The lowest BCUT2D eigenvalue weighted by atomic mass is 10.1. The maximum absolute atomic E-state index is 11.9. The van der Waals surface area contributed by atoms with E-state index in [1.807, 2.05) is 12.1 Å². The van der Waals surface area contributed by atoms with Crippen LogP contribution in [0.2, 0.25) is 0 Å². The van der Waals surface area contributed by atoms with E-state index in [0.29, 0.717) is 35.8 Å². The first-order valence-electron chi connectivity index (χ1n) is 9.78. The van der Waals surface area contributed by atoms with Crippen LogP contribution in [0.4, 0.5) is 0 Å². The number of rotatable bonds is 10. The van der Waals surface area contributed by atoms with Gasteiger partial charge in [-0.25, -0.2) is 9.59 Å². The molecule has 3 rings (SSSR count). The minimum atomic E-state index is -0.699. The van der Waals surface area contributed by atoms with Gasteiger partial charge in [0, 0.05) is 24.1 Å². The van der Waals surface area contributed by atoms with Crippen molar-refractivity contribution in [2.45, 2.75) is 6.42 Å². The van der Waals surface area contributed by atoms with Crippen molar-refractivity contribution in [2.24, 2.45) is 0 Å². The molecule has 0 spiro atoms. The predicted molar refractivity (Wildman–Crippen MR) is 115 cm³/mol. The summed E-state index contributed by atoms with van der Waals surface area (Å²) in [5.41, 5.74) is 0.822. The fraction of sp³-hybridized carbons (Fsp3) is 0.261. The highest BCUT2D eigenvalue weighted by Gasteiger charge is 2.10. The van der Waals surface area contributed by atoms with E-state index in [1.165, 1.54) is 12.1 Å². The number of ether oxygens (including phenoxy) is 4. The first-order chi connectivity index (χ1) is 15.5. The van der Waals surface area contributed by atoms with Gasteiger partial charge in [0.15, 0.2) is 24.7 Å². The van der Waals surface area contributed by atoms with Crippen molar-refractivity contribution in [1.82, 2.24) is 5.32 Å². The van der Waals surface area contributed by atoms with Crippen LogP contribution in [0.3, 0.4) is 0 Å². The van der Waals surface area contributed by atoms with E-state index < -0.39 is 24.1 Å². The van der Waals surface area contributed by atoms with Crippen LogP contribution in [-0.4, -0.2) is 45.9 Å². The molecule has 0 aliphatic heterocycles. The zero-order valence-electron chi connectivity index (χ0n) is 17.7. The van der Waals surface area contributed by atoms with Crippen molar-refractivity contribution >= 4 is 22.8 Å². The molecule has 0 saturated heterocycles. The van der Waals surface area contributed by atoms with Gasteiger partial charge in [0.05, 0.1) is 14.2 Å². The number of nitrogens with one attached hydrogen (secondary N) is 1. The number of methoxy groups -OCH3 is 2. The minimum Gasteiger partial charge on any atom is -0.493 e. The number of hydrogen-bond acceptors (Lipinski definition) is 8. The summed E-state index contributed by atoms with van der Waals surface area (Å²) in [5, 5.41) is 3.41. The molecule has 168 valence electrons. The van der Waals surface area contributed by atoms with Gasteiger partial charge in [-0.05, 0) is 42.3 Å². The van der Waals surface area contributed by atoms with Crippen molar-refractivity contribution in [3.05, 3.63) is 64.5 Å². The highest BCUT2D eigenvalue weighted by molar-refractivity contribution is 5.81. The Balaban J connectivity index is 1.38. The maximum atomic E-state index is 11.9. The molecule has 0 bridgehead atoms. The lowest BCUT2D eigenvalue weighted by Gasteiger charge is -2.10. The largest absolute Gasteiger partial charge is 0.493 e. The average molecular weight is 441 g/mol. The molecule has 0 aliphatic rings. The molecule has 1 aromatic heterocycles. The fourth-order valence-corrected chi connectivity index (χ4v) is 2.89. The van der Waals surface area contributed by atoms with Crippen molar-refractivity contribution < 1.29 is 33.0 Å². The number of benzene rings is 2. The normalized spacial score (nSPS) is 10.4. The summed E-state index contributed by atoms with van der Waals surface area (Å²) in [5.74, 6) is 0.450. The third-order valence-electron chi connectivity index (χ3n) is 4.50. The zero-order chi connectivity index (χ0) is 22.9. The number of esters is 1. The van der Waals surface area contributed by atoms with Gasteiger partial charge < -0.3 is 28.7 Å². The van der Waals surface area contributed by atoms with Crippen LogP contribution in [0.25, 0.3) is 11.0 Å². The third-order valence-corrected chi connectivity index (χ3v) is 4.50. The smallest absolute Gasteiger partial charge is 0.344 e. The Labute approximate surface area is 183 Å². The SMILES string of the molecule is COc1ccc(CCNC(=O)COC(=O)COc2ccc3ccc(=O)oc3c2)cc1OC. The lowest BCUT2D eigenvalue weighted by Crippen LogP contribution is -2.31. The van der Waals surface area contributed by atoms with Gasteiger partial charge in [-0.2, -0.15) is 0 Å². The Morgan fingerprint density at radius 1 is 0.938 bits per heavy atom. The van der Waals surface area contributed by atoms with E-state index in [0.717, 1.165) is 10.9 Å². The van der Waals surface area contributed by atoms with Gasteiger partial charge in [0.2, 0.25) is 0 Å². The molecule has 0 unspecified atom stereocenters. The van der Waals surface area contributed by atoms with E-state index in [-0.39, 0.29) is 6.61 Å². The van der Waals surface area contributed by atoms with Crippen molar-refractivity contribution in [3.8, 4) is 17.2 Å². The molecule has 32 heavy (non-hydrogen) atoms. The Bertz CT molecular complexity index is 1150. The Morgan fingerprint density at radius 2 is 1.72 bits per heavy atom. The molecule has 9 heteroatoms. The van der Waals surface area contributed by atoms with Crippen molar-refractivity contribution in [1.29, 1.82) is 0 Å². The topological polar surface area (TPSA) is 113 Å². The molecule has 0 saturated carbocycles. The van der Waals surface area contributed by atoms with E-state index in [2.05, 4.69) is 5.32 Å². The highest BCUT2D eigenvalue weighted by atomic mass is 16.6. The Kier molecular flexibility index (Phi) is 7.69. The molecule has 1 heterocycles. The molecule has 0 aliphatic carbocycles. The van der Waals surface area contributed by atoms with Gasteiger partial charge in [0.25, 0.3) is 5.91 Å². The molecule has 3 aromatic rings. The van der Waals surface area contributed by atoms with Crippen LogP contribution in [0.5, 0.6) is 17.2 Å². The first kappa shape index (κ1) is 22.7. The van der Waals surface area contributed by atoms with Crippen molar-refractivity contribution in [3.63, 3.8) is 0 Å². The molecular weight excluding hydrogens is 418 g/mol. The molecule has 9 nitrogen and oxygen atoms in total. The molecule has 2 aromatic carbocycles. The second-order valence-electron chi connectivity index (χ2n) is 6.69. The monoisotopic (exact) mass is 441 g/mol. The van der Waals surface area contributed by atoms with Crippen LogP contribution < -0.4 is 25.2 Å². The number of amides is 1. The van der Waals surface area contributed by atoms with Crippen LogP contribution in [0.15, 0.2) is 57.7 Å². The number of fused-ring (bicyclic) bond motifs is 1. The average Bonchev–Trinajstić information content (AvgIpc) is 2.80. The standard InChI is InChI=1S/C23H23NO8/c1-28-18-7-3-15(11-20(18)29-2)9-10-24-21(25)13-31-23(27)14-30-17-6-4-16-5-8-22(26)32-19(16)12-17/h3-8,11-12H,9-10,13-14H2,1-2H3,(H,24,25). The molecule has 0 radical (unpaired) electrons. The number of carbonyl (C=O) groups is 2. The van der Waals surface area contributed by atoms with Gasteiger partial charge in [0.1, 0.15) is 11.3 Å². The van der Waals surface area contributed by atoms with E-state index in [4.69, 9.17) is 23.4 Å². The summed E-state index contributed by atoms with van der Waals surface area (Å²) in [6, 6.07) is 13.3. The summed E-state index contributed by atoms with van der Waals surface area (Å²) in [6.07, 6.45) is 0.571. The Hall–Kier alpha value is -4.01. The number of carbonyl (C=O) groups excluding carboxylic acids is 2. The minimum absolute atomic E-state index is 0.336. The quantitative estimate of drug-likeness (QED) is 0.376. The first-order valence-corrected chi connectivity index (χ1v) is 9.78. The van der Waals surface area contributed by atoms with Gasteiger partial charge in [-0.1, -0.05) is 6.07 Å². The summed E-state index contributed by atoms with van der Waals surface area (Å²) in [7, 11) is 3.12. The molecule has 0 fully saturated rings. The van der Waals surface area contributed by atoms with Crippen LogP contribution in [0, 0.1) is 0 Å². The van der Waals surface area contributed by atoms with Crippen molar-refractivity contribution in [2.75, 3.05) is 34.0 Å². The van der Waals surface area contributed by atoms with E-state index in [1.54, 1.807) is 38.5 Å². The van der Waals surface area contributed by atoms with Gasteiger partial charge in [-0.15, -0.1) is 0 Å². The zero-order valence-corrected chi connectivity index (χ0v) is 17.7. The second-order valence-corrected chi connectivity index (χ2v) is 6.69. The van der Waals surface area contributed by atoms with Gasteiger partial charge >= 0.3 is 11.6 Å². The second kappa shape index (κ2) is 10.9. The summed E-state index contributed by atoms with van der Waals surface area (Å²) in [6.45, 7) is -0.438. The summed E-state index contributed by atoms with van der Waals surface area (Å²) in [4.78, 5) is 35.0. The highest BCUT2D eigenvalue weighted by Crippen LogP contribution is 2.27. The third kappa shape index (κ3) is 6.24. The van der Waals surface area contributed by atoms with E-state index >= 15 is 0 Å². The summed E-state index contributed by atoms with van der Waals surface area (Å²) >= 11 is 0. The summed E-state index contributed by atoms with van der Waals surface area (Å²) < 4.78 is 25.8. The predicted octanol–water partition coefficient (Wildman–Crippen LogP) is 2.09. The molecule has 1 amide bonds. The maximum Gasteiger partial charge on any atom is 0.344 e. The van der Waals surface area contributed by atoms with E-state index in [9.17, 15) is 14.4 Å². The number of hydrogen-bond donors (Lipinski definition) is 1. The Morgan fingerprint density at radius 3 is 2.50 bits per heavy atom.